The van der Waals surface area contributed by atoms with E-state index < -0.39 is 0 Å². The summed E-state index contributed by atoms with van der Waals surface area (Å²) >= 11 is 0. The van der Waals surface area contributed by atoms with Crippen LogP contribution in [0.1, 0.15) is 25.5 Å². The summed E-state index contributed by atoms with van der Waals surface area (Å²) in [5.41, 5.74) is 0.984. The smallest absolute Gasteiger partial charge is 0.860 e. The first-order valence-corrected chi connectivity index (χ1v) is 6.02. The monoisotopic (exact) mass is 252 g/mol. The van der Waals surface area contributed by atoms with Crippen LogP contribution >= 0.6 is 0 Å². The quantitative estimate of drug-likeness (QED) is 0.485. The molecule has 1 aliphatic heterocycles. The summed E-state index contributed by atoms with van der Waals surface area (Å²) in [5.74, 6) is -0.245. The van der Waals surface area contributed by atoms with Crippen molar-refractivity contribution in [3.63, 3.8) is 0 Å². The molecule has 0 bridgehead atoms. The average Bonchev–Trinajstić information content (AvgIpc) is 2.63. The molecule has 19 heavy (non-hydrogen) atoms. The Bertz CT molecular complexity index is 476. The first-order chi connectivity index (χ1) is 8.57. The van der Waals surface area contributed by atoms with Gasteiger partial charge in [0.05, 0.1) is 12.1 Å². The van der Waals surface area contributed by atoms with Crippen molar-refractivity contribution >= 4 is 6.03 Å². The maximum absolute atomic E-state index is 12.1. The van der Waals surface area contributed by atoms with Gasteiger partial charge in [-0.2, -0.15) is 0 Å². The predicted molar refractivity (Wildman–Crippen MR) is 67.4 cm³/mol. The van der Waals surface area contributed by atoms with Crippen LogP contribution in [-0.4, -0.2) is 28.9 Å². The van der Waals surface area contributed by atoms with Crippen LogP contribution in [-0.2, 0) is 0 Å². The first-order valence-electron chi connectivity index (χ1n) is 6.02. The van der Waals surface area contributed by atoms with Crippen molar-refractivity contribution in [1.82, 2.24) is 9.80 Å². The Balaban J connectivity index is 0.00000180. The fourth-order valence-electron chi connectivity index (χ4n) is 2.34. The Labute approximate surface area is 125 Å². The third-order valence-electron chi connectivity index (χ3n) is 3.48. The van der Waals surface area contributed by atoms with Gasteiger partial charge in [-0.15, -0.1) is 0 Å². The molecular weight excluding hydrogens is 235 g/mol. The van der Waals surface area contributed by atoms with Gasteiger partial charge < -0.3 is 10.0 Å². The number of amides is 2. The summed E-state index contributed by atoms with van der Waals surface area (Å²) in [6, 6.07) is 9.18. The van der Waals surface area contributed by atoms with E-state index in [1.165, 1.54) is 11.0 Å². The van der Waals surface area contributed by atoms with Gasteiger partial charge in [-0.25, -0.2) is 4.79 Å². The van der Waals surface area contributed by atoms with Gasteiger partial charge in [0.15, 0.2) is 0 Å². The molecule has 4 nitrogen and oxygen atoms in total. The summed E-state index contributed by atoms with van der Waals surface area (Å²) in [6.07, 6.45) is 1.43. The second-order valence-corrected chi connectivity index (χ2v) is 4.49. The molecule has 96 valence electrons. The largest absolute Gasteiger partial charge is 1.00 e. The molecule has 1 aromatic rings. The Kier molecular flexibility index (Phi) is 5.10. The molecule has 0 unspecified atom stereocenters. The summed E-state index contributed by atoms with van der Waals surface area (Å²) in [7, 11) is 1.73. The van der Waals surface area contributed by atoms with Gasteiger partial charge in [-0.3, -0.25) is 4.90 Å². The van der Waals surface area contributed by atoms with Crippen LogP contribution in [0.2, 0.25) is 0 Å². The minimum atomic E-state index is -0.245. The second-order valence-electron chi connectivity index (χ2n) is 4.49. The Morgan fingerprint density at radius 3 is 2.42 bits per heavy atom. The van der Waals surface area contributed by atoms with Gasteiger partial charge in [0.25, 0.3) is 0 Å². The van der Waals surface area contributed by atoms with Crippen LogP contribution in [0.25, 0.3) is 0 Å². The van der Waals surface area contributed by atoms with Crippen molar-refractivity contribution in [2.45, 2.75) is 25.9 Å². The fourth-order valence-corrected chi connectivity index (χ4v) is 2.34. The fraction of sp³-hybridized carbons (Fsp3) is 0.357. The molecule has 1 aliphatic rings. The molecule has 1 aromatic carbocycles. The molecule has 2 rings (SSSR count). The van der Waals surface area contributed by atoms with E-state index in [-0.39, 0.29) is 42.9 Å². The number of hydrogen-bond acceptors (Lipinski definition) is 2. The minimum Gasteiger partial charge on any atom is -0.860 e. The zero-order chi connectivity index (χ0) is 13.3. The van der Waals surface area contributed by atoms with Crippen molar-refractivity contribution < 1.29 is 28.8 Å². The third kappa shape index (κ3) is 2.65. The van der Waals surface area contributed by atoms with Gasteiger partial charge in [0, 0.05) is 7.05 Å². The van der Waals surface area contributed by atoms with E-state index in [0.29, 0.717) is 0 Å². The molecule has 0 aliphatic carbocycles. The maximum atomic E-state index is 12.1. The van der Waals surface area contributed by atoms with Crippen LogP contribution < -0.4 is 24.0 Å². The summed E-state index contributed by atoms with van der Waals surface area (Å²) < 4.78 is 0. The molecule has 0 spiro atoms. The van der Waals surface area contributed by atoms with Crippen LogP contribution in [0, 0.1) is 0 Å². The van der Waals surface area contributed by atoms with Gasteiger partial charge in [-0.1, -0.05) is 36.4 Å². The minimum absolute atomic E-state index is 0. The first kappa shape index (κ1) is 15.7. The van der Waals surface area contributed by atoms with Gasteiger partial charge >= 0.3 is 24.9 Å². The van der Waals surface area contributed by atoms with Crippen molar-refractivity contribution in [2.24, 2.45) is 0 Å². The molecule has 1 saturated heterocycles. The van der Waals surface area contributed by atoms with E-state index in [1.54, 1.807) is 18.9 Å². The maximum Gasteiger partial charge on any atom is 1.00 e. The third-order valence-corrected chi connectivity index (χ3v) is 3.48. The number of carbonyl (C=O) groups excluding carboxylic acids is 1. The second kappa shape index (κ2) is 6.18. The van der Waals surface area contributed by atoms with Gasteiger partial charge in [0.2, 0.25) is 0 Å². The van der Waals surface area contributed by atoms with Crippen molar-refractivity contribution in [1.29, 1.82) is 0 Å². The number of rotatable bonds is 2. The van der Waals surface area contributed by atoms with E-state index in [2.05, 4.69) is 0 Å². The van der Waals surface area contributed by atoms with Crippen LogP contribution in [0.15, 0.2) is 42.3 Å². The zero-order valence-corrected chi connectivity index (χ0v) is 11.8. The molecule has 1 heterocycles. The molecule has 1 fully saturated rings. The van der Waals surface area contributed by atoms with Crippen molar-refractivity contribution in [3.05, 3.63) is 47.9 Å². The van der Waals surface area contributed by atoms with E-state index in [4.69, 9.17) is 0 Å². The molecule has 2 atom stereocenters. The van der Waals surface area contributed by atoms with Crippen molar-refractivity contribution in [2.75, 3.05) is 7.05 Å². The molecule has 5 heteroatoms. The molecule has 0 N–H and O–H groups in total. The molecular formula is C14H17LiN2O2. The number of urea groups is 1. The summed E-state index contributed by atoms with van der Waals surface area (Å²) in [4.78, 5) is 15.1. The molecule has 2 amide bonds. The van der Waals surface area contributed by atoms with Crippen LogP contribution in [0.4, 0.5) is 4.79 Å². The summed E-state index contributed by atoms with van der Waals surface area (Å²) in [5, 5.41) is 11.9. The van der Waals surface area contributed by atoms with Gasteiger partial charge in [-0.05, 0) is 25.3 Å². The zero-order valence-electron chi connectivity index (χ0n) is 11.8. The normalized spacial score (nSPS) is 23.5. The predicted octanol–water partition coefficient (Wildman–Crippen LogP) is -1.29. The Hall–Kier alpha value is -1.37. The van der Waals surface area contributed by atoms with E-state index >= 15 is 0 Å². The number of likely N-dealkylation sites (N-methyl/N-ethyl adjacent to an activating group) is 1. The number of allylic oxidation sites excluding steroid dienone is 1. The van der Waals surface area contributed by atoms with E-state index in [1.807, 2.05) is 37.3 Å². The van der Waals surface area contributed by atoms with Crippen LogP contribution in [0.3, 0.4) is 0 Å². The standard InChI is InChI=1S/C14H18N2O2.Li/c1-4-12(17)16-13(10(2)15(3)14(16)18)11-8-6-5-7-9-11;/h4-10,13,17H,1-3H3;/q;+1/p-1/b12-4-;/t10-,13-;/m0./s1. The summed E-state index contributed by atoms with van der Waals surface area (Å²) in [6.45, 7) is 3.61. The topological polar surface area (TPSA) is 46.6 Å². The SMILES string of the molecule is C/C=C(\[O-])N1C(=O)N(C)[C@@H](C)[C@H]1c1ccccc1.[Li+]. The average molecular weight is 252 g/mol. The molecule has 0 radical (unpaired) electrons. The Morgan fingerprint density at radius 1 is 1.32 bits per heavy atom. The van der Waals surface area contributed by atoms with E-state index in [0.717, 1.165) is 5.56 Å². The number of benzene rings is 1. The molecule has 0 aromatic heterocycles. The number of nitrogens with zero attached hydrogens (tertiary/aromatic N) is 2. The van der Waals surface area contributed by atoms with Gasteiger partial charge in [0.1, 0.15) is 0 Å². The Morgan fingerprint density at radius 2 is 1.89 bits per heavy atom. The van der Waals surface area contributed by atoms with Crippen LogP contribution in [0.5, 0.6) is 0 Å². The number of carbonyl (C=O) groups is 1. The molecule has 0 saturated carbocycles. The van der Waals surface area contributed by atoms with E-state index in [9.17, 15) is 9.90 Å². The van der Waals surface area contributed by atoms with Crippen molar-refractivity contribution in [3.8, 4) is 0 Å². The number of hydrogen-bond donors (Lipinski definition) is 0.